The van der Waals surface area contributed by atoms with Gasteiger partial charge in [-0.2, -0.15) is 0 Å². The van der Waals surface area contributed by atoms with Crippen LogP contribution in [0.25, 0.3) is 131 Å². The first-order chi connectivity index (χ1) is 31.8. The van der Waals surface area contributed by atoms with E-state index in [1.165, 1.54) is 109 Å². The van der Waals surface area contributed by atoms with E-state index >= 15 is 0 Å². The molecular formula is C60H36N4. The molecule has 0 spiro atoms. The highest BCUT2D eigenvalue weighted by atomic mass is 15.0. The van der Waals surface area contributed by atoms with Crippen molar-refractivity contribution in [2.24, 2.45) is 0 Å². The van der Waals surface area contributed by atoms with E-state index in [1.807, 2.05) is 0 Å². The molecule has 5 heterocycles. The van der Waals surface area contributed by atoms with E-state index in [2.05, 4.69) is 236 Å². The summed E-state index contributed by atoms with van der Waals surface area (Å²) in [6, 6.07) is 81.1. The smallest absolute Gasteiger partial charge is 0.0620 e. The molecule has 0 saturated carbocycles. The molecule has 0 atom stereocenters. The molecule has 0 bridgehead atoms. The van der Waals surface area contributed by atoms with Crippen LogP contribution in [0.5, 0.6) is 0 Å². The van der Waals surface area contributed by atoms with Crippen LogP contribution in [0.1, 0.15) is 0 Å². The largest absolute Gasteiger partial charge is 0.309 e. The highest BCUT2D eigenvalue weighted by Gasteiger charge is 2.24. The Morgan fingerprint density at radius 1 is 0.188 bits per heavy atom. The number of hydrogen-bond donors (Lipinski definition) is 0. The summed E-state index contributed by atoms with van der Waals surface area (Å²) in [5.41, 5.74) is 14.1. The van der Waals surface area contributed by atoms with Crippen LogP contribution in [-0.4, -0.2) is 17.9 Å². The van der Waals surface area contributed by atoms with Gasteiger partial charge in [-0.05, 0) is 72.8 Å². The molecule has 15 rings (SSSR count). The quantitative estimate of drug-likeness (QED) is 0.166. The van der Waals surface area contributed by atoms with E-state index < -0.39 is 0 Å². The summed E-state index contributed by atoms with van der Waals surface area (Å²) in [6.07, 6.45) is 0. The Hall–Kier alpha value is -8.60. The molecule has 0 aliphatic heterocycles. The summed E-state index contributed by atoms with van der Waals surface area (Å²) < 4.78 is 10.1. The molecule has 0 aliphatic carbocycles. The molecule has 0 unspecified atom stereocenters. The van der Waals surface area contributed by atoms with Crippen LogP contribution in [0.15, 0.2) is 218 Å². The summed E-state index contributed by atoms with van der Waals surface area (Å²) in [4.78, 5) is 0. The molecule has 10 aromatic carbocycles. The van der Waals surface area contributed by atoms with Gasteiger partial charge >= 0.3 is 0 Å². The summed E-state index contributed by atoms with van der Waals surface area (Å²) in [6.45, 7) is 0. The van der Waals surface area contributed by atoms with Crippen molar-refractivity contribution in [1.29, 1.82) is 0 Å². The first kappa shape index (κ1) is 34.0. The average molecular weight is 813 g/mol. The van der Waals surface area contributed by atoms with E-state index in [4.69, 9.17) is 0 Å². The minimum Gasteiger partial charge on any atom is -0.309 e. The van der Waals surface area contributed by atoms with Gasteiger partial charge in [-0.15, -0.1) is 0 Å². The van der Waals surface area contributed by atoms with E-state index in [1.54, 1.807) is 0 Å². The number of fused-ring (bicyclic) bond motifs is 20. The third-order valence-electron chi connectivity index (χ3n) is 14.1. The predicted octanol–water partition coefficient (Wildman–Crippen LogP) is 15.9. The second-order valence-corrected chi connectivity index (χ2v) is 17.2. The SMILES string of the molecule is c1ccc(-n2c3ccccc3c3c4c5cccc6c7ccccc7n(c7ccc8c(c9ccccc9n8-c8ccccc8)c7c7cccc8c9ccccc9n(c4ccc32)c87)c65)cc1. The van der Waals surface area contributed by atoms with Gasteiger partial charge in [0.25, 0.3) is 0 Å². The second kappa shape index (κ2) is 12.5. The van der Waals surface area contributed by atoms with Gasteiger partial charge in [0.1, 0.15) is 0 Å². The first-order valence-electron chi connectivity index (χ1n) is 22.1. The number of aromatic nitrogens is 4. The van der Waals surface area contributed by atoms with Gasteiger partial charge in [0.2, 0.25) is 0 Å². The normalized spacial score (nSPS) is 12.4. The van der Waals surface area contributed by atoms with Crippen LogP contribution >= 0.6 is 0 Å². The third kappa shape index (κ3) is 4.27. The van der Waals surface area contributed by atoms with Gasteiger partial charge in [-0.3, -0.25) is 0 Å². The highest BCUT2D eigenvalue weighted by molar-refractivity contribution is 6.34. The molecular weight excluding hydrogens is 777 g/mol. The summed E-state index contributed by atoms with van der Waals surface area (Å²) >= 11 is 0. The Morgan fingerprint density at radius 3 is 0.938 bits per heavy atom. The van der Waals surface area contributed by atoms with Gasteiger partial charge in [0, 0.05) is 76.0 Å². The maximum Gasteiger partial charge on any atom is 0.0620 e. The Kier molecular flexibility index (Phi) is 6.65. The summed E-state index contributed by atoms with van der Waals surface area (Å²) in [5, 5.41) is 14.7. The van der Waals surface area contributed by atoms with Crippen LogP contribution in [0.3, 0.4) is 0 Å². The zero-order valence-corrected chi connectivity index (χ0v) is 34.6. The fraction of sp³-hybridized carbons (Fsp3) is 0. The van der Waals surface area contributed by atoms with Gasteiger partial charge in [0.15, 0.2) is 0 Å². The van der Waals surface area contributed by atoms with Gasteiger partial charge in [-0.1, -0.05) is 146 Å². The molecule has 296 valence electrons. The summed E-state index contributed by atoms with van der Waals surface area (Å²) in [7, 11) is 0. The molecule has 0 radical (unpaired) electrons. The second-order valence-electron chi connectivity index (χ2n) is 17.2. The average Bonchev–Trinajstić information content (AvgIpc) is 4.09. The molecule has 4 heteroatoms. The summed E-state index contributed by atoms with van der Waals surface area (Å²) in [5.74, 6) is 0. The number of nitrogens with zero attached hydrogens (tertiary/aromatic N) is 4. The lowest BCUT2D eigenvalue weighted by molar-refractivity contribution is 1.18. The van der Waals surface area contributed by atoms with Crippen molar-refractivity contribution in [2.45, 2.75) is 0 Å². The number of rotatable bonds is 2. The minimum atomic E-state index is 1.15. The topological polar surface area (TPSA) is 18.7 Å². The van der Waals surface area contributed by atoms with E-state index in [0.29, 0.717) is 0 Å². The Labute approximate surface area is 365 Å². The molecule has 5 aromatic heterocycles. The fourth-order valence-electron chi connectivity index (χ4n) is 11.7. The fourth-order valence-corrected chi connectivity index (χ4v) is 11.7. The van der Waals surface area contributed by atoms with E-state index in [9.17, 15) is 0 Å². The van der Waals surface area contributed by atoms with Crippen molar-refractivity contribution in [3.05, 3.63) is 218 Å². The van der Waals surface area contributed by atoms with Crippen molar-refractivity contribution in [1.82, 2.24) is 17.9 Å². The van der Waals surface area contributed by atoms with Crippen LogP contribution in [0.2, 0.25) is 0 Å². The molecule has 4 nitrogen and oxygen atoms in total. The van der Waals surface area contributed by atoms with Crippen molar-refractivity contribution in [3.8, 4) is 11.4 Å². The maximum absolute atomic E-state index is 2.60. The van der Waals surface area contributed by atoms with Crippen LogP contribution in [-0.2, 0) is 0 Å². The molecule has 64 heavy (non-hydrogen) atoms. The maximum atomic E-state index is 2.60. The van der Waals surface area contributed by atoms with Crippen LogP contribution in [0, 0.1) is 0 Å². The zero-order chi connectivity index (χ0) is 41.6. The van der Waals surface area contributed by atoms with Gasteiger partial charge in [0.05, 0.1) is 55.2 Å². The molecule has 0 N–H and O–H groups in total. The Balaban J connectivity index is 1.34. The first-order valence-corrected chi connectivity index (χ1v) is 22.1. The number of para-hydroxylation sites is 8. The highest BCUT2D eigenvalue weighted by Crippen LogP contribution is 2.46. The van der Waals surface area contributed by atoms with Crippen molar-refractivity contribution in [3.63, 3.8) is 0 Å². The van der Waals surface area contributed by atoms with Gasteiger partial charge < -0.3 is 17.9 Å². The Morgan fingerprint density at radius 2 is 0.500 bits per heavy atom. The molecule has 15 aromatic rings. The lowest BCUT2D eigenvalue weighted by Gasteiger charge is -2.13. The van der Waals surface area contributed by atoms with Crippen LogP contribution in [0.4, 0.5) is 0 Å². The van der Waals surface area contributed by atoms with Gasteiger partial charge in [-0.25, -0.2) is 0 Å². The molecule has 0 fully saturated rings. The zero-order valence-electron chi connectivity index (χ0n) is 34.6. The van der Waals surface area contributed by atoms with E-state index in [-0.39, 0.29) is 0 Å². The third-order valence-corrected chi connectivity index (χ3v) is 14.1. The molecule has 0 aliphatic rings. The lowest BCUT2D eigenvalue weighted by atomic mass is 10.00. The monoisotopic (exact) mass is 812 g/mol. The molecule has 0 amide bonds. The predicted molar refractivity (Wildman–Crippen MR) is 271 cm³/mol. The van der Waals surface area contributed by atoms with Crippen molar-refractivity contribution >= 4 is 120 Å². The standard InChI is InChI=1S/C60H36N4/c1-3-17-37(18-4-1)61-49-31-13-9-23-43(49)55-51(61)33-35-53-57(55)45-27-15-25-41-39-21-8-12-30-48(39)64(59(41)45)54-36-34-52-56(44-24-10-14-32-50(44)62(52)38-19-5-2-6-20-38)58(54)46-28-16-26-42-40-22-7-11-29-47(40)63(53)60(42)46/h1-36H. The van der Waals surface area contributed by atoms with E-state index in [0.717, 1.165) is 22.4 Å². The van der Waals surface area contributed by atoms with Crippen molar-refractivity contribution < 1.29 is 0 Å². The van der Waals surface area contributed by atoms with Crippen LogP contribution < -0.4 is 0 Å². The van der Waals surface area contributed by atoms with Crippen molar-refractivity contribution in [2.75, 3.05) is 0 Å². The lowest BCUT2D eigenvalue weighted by Crippen LogP contribution is -1.95. The minimum absolute atomic E-state index is 1.15. The number of benzene rings is 10. The molecule has 0 saturated heterocycles. The number of hydrogen-bond acceptors (Lipinski definition) is 0. The Bertz CT molecular complexity index is 4230.